The second-order valence-electron chi connectivity index (χ2n) is 6.30. The summed E-state index contributed by atoms with van der Waals surface area (Å²) in [6.07, 6.45) is 1.62. The molecule has 0 heterocycles. The molecule has 0 unspecified atom stereocenters. The second-order valence-corrected chi connectivity index (χ2v) is 7.18. The second kappa shape index (κ2) is 7.58. The van der Waals surface area contributed by atoms with E-state index in [4.69, 9.17) is 9.47 Å². The first-order valence-electron chi connectivity index (χ1n) is 7.81. The molecule has 4 atom stereocenters. The Hall–Kier alpha value is -1.86. The van der Waals surface area contributed by atoms with E-state index in [9.17, 15) is 19.5 Å². The van der Waals surface area contributed by atoms with E-state index in [-0.39, 0.29) is 6.42 Å². The minimum atomic E-state index is -1.61. The van der Waals surface area contributed by atoms with Crippen LogP contribution in [-0.2, 0) is 23.9 Å². The minimum absolute atomic E-state index is 0.314. The van der Waals surface area contributed by atoms with Crippen molar-refractivity contribution in [3.8, 4) is 0 Å². The topological polar surface area (TPSA) is 89.9 Å². The number of ether oxygens (including phenoxy) is 2. The smallest absolute Gasteiger partial charge is 0.316 e. The average Bonchev–Trinajstić information content (AvgIpc) is 2.59. The Labute approximate surface area is 150 Å². The zero-order valence-corrected chi connectivity index (χ0v) is 15.5. The van der Waals surface area contributed by atoms with Gasteiger partial charge in [0, 0.05) is 17.2 Å². The van der Waals surface area contributed by atoms with Crippen LogP contribution in [0.5, 0.6) is 0 Å². The van der Waals surface area contributed by atoms with Gasteiger partial charge in [-0.15, -0.1) is 11.8 Å². The van der Waals surface area contributed by atoms with Crippen molar-refractivity contribution < 1.29 is 29.0 Å². The Morgan fingerprint density at radius 1 is 1.16 bits per heavy atom. The van der Waals surface area contributed by atoms with E-state index in [0.29, 0.717) is 5.56 Å². The Kier molecular flexibility index (Phi) is 5.90. The lowest BCUT2D eigenvalue weighted by atomic mass is 9.62. The summed E-state index contributed by atoms with van der Waals surface area (Å²) in [5, 5.41) is 10.7. The Bertz CT molecular complexity index is 667. The number of thioether (sulfide) groups is 1. The van der Waals surface area contributed by atoms with Gasteiger partial charge in [-0.3, -0.25) is 14.4 Å². The SMILES string of the molecule is COC(=O)[C@H]1C(=O)C[C@@](C)(O)[C@@H](C(=O)OC)[C@H]1c1ccc(SC)cc1. The van der Waals surface area contributed by atoms with Crippen LogP contribution in [0.25, 0.3) is 0 Å². The Balaban J connectivity index is 2.61. The molecule has 0 spiro atoms. The van der Waals surface area contributed by atoms with E-state index in [1.54, 1.807) is 23.9 Å². The van der Waals surface area contributed by atoms with Crippen molar-refractivity contribution in [2.75, 3.05) is 20.5 Å². The number of ketones is 1. The number of benzene rings is 1. The first-order valence-corrected chi connectivity index (χ1v) is 9.04. The number of hydrogen-bond donors (Lipinski definition) is 1. The molecular weight excluding hydrogens is 344 g/mol. The molecule has 2 rings (SSSR count). The highest BCUT2D eigenvalue weighted by Gasteiger charge is 2.56. The largest absolute Gasteiger partial charge is 0.469 e. The molecule has 1 aliphatic carbocycles. The lowest BCUT2D eigenvalue weighted by molar-refractivity contribution is -0.170. The average molecular weight is 366 g/mol. The molecule has 0 aliphatic heterocycles. The van der Waals surface area contributed by atoms with Crippen LogP contribution in [0, 0.1) is 11.8 Å². The molecule has 6 nitrogen and oxygen atoms in total. The summed E-state index contributed by atoms with van der Waals surface area (Å²) in [5.41, 5.74) is -1.01. The highest BCUT2D eigenvalue weighted by molar-refractivity contribution is 7.98. The molecule has 0 amide bonds. The van der Waals surface area contributed by atoms with Crippen LogP contribution in [0.4, 0.5) is 0 Å². The molecule has 1 aliphatic rings. The van der Waals surface area contributed by atoms with Gasteiger partial charge in [0.15, 0.2) is 5.78 Å². The van der Waals surface area contributed by atoms with Gasteiger partial charge >= 0.3 is 11.9 Å². The van der Waals surface area contributed by atoms with Crippen LogP contribution in [0.15, 0.2) is 29.2 Å². The highest BCUT2D eigenvalue weighted by Crippen LogP contribution is 2.46. The molecule has 136 valence electrons. The molecule has 1 aromatic carbocycles. The molecule has 0 bridgehead atoms. The van der Waals surface area contributed by atoms with E-state index in [1.807, 2.05) is 18.4 Å². The molecule has 7 heteroatoms. The molecule has 0 radical (unpaired) electrons. The third kappa shape index (κ3) is 3.72. The molecule has 1 saturated carbocycles. The molecular formula is C18H22O6S. The van der Waals surface area contributed by atoms with E-state index >= 15 is 0 Å². The fourth-order valence-electron chi connectivity index (χ4n) is 3.50. The van der Waals surface area contributed by atoms with Crippen LogP contribution in [-0.4, -0.2) is 48.9 Å². The van der Waals surface area contributed by atoms with Crippen molar-refractivity contribution in [2.24, 2.45) is 11.8 Å². The summed E-state index contributed by atoms with van der Waals surface area (Å²) in [5.74, 6) is -4.89. The predicted octanol–water partition coefficient (Wildman–Crippen LogP) is 1.79. The fourth-order valence-corrected chi connectivity index (χ4v) is 3.90. The normalized spacial score (nSPS) is 29.2. The van der Waals surface area contributed by atoms with Gasteiger partial charge in [0.25, 0.3) is 0 Å². The maximum absolute atomic E-state index is 12.6. The number of hydrogen-bond acceptors (Lipinski definition) is 7. The number of aliphatic hydroxyl groups is 1. The van der Waals surface area contributed by atoms with Crippen molar-refractivity contribution in [3.63, 3.8) is 0 Å². The van der Waals surface area contributed by atoms with Crippen molar-refractivity contribution in [3.05, 3.63) is 29.8 Å². The lowest BCUT2D eigenvalue weighted by Gasteiger charge is -2.43. The Morgan fingerprint density at radius 2 is 1.72 bits per heavy atom. The summed E-state index contributed by atoms with van der Waals surface area (Å²) in [6.45, 7) is 1.42. The summed E-state index contributed by atoms with van der Waals surface area (Å²) in [7, 11) is 2.42. The van der Waals surface area contributed by atoms with Gasteiger partial charge in [0.2, 0.25) is 0 Å². The molecule has 0 aromatic heterocycles. The van der Waals surface area contributed by atoms with Crippen LogP contribution in [0.3, 0.4) is 0 Å². The monoisotopic (exact) mass is 366 g/mol. The van der Waals surface area contributed by atoms with Crippen LogP contribution >= 0.6 is 11.8 Å². The zero-order valence-electron chi connectivity index (χ0n) is 14.6. The number of rotatable bonds is 4. The lowest BCUT2D eigenvalue weighted by Crippen LogP contribution is -2.55. The fraction of sp³-hybridized carbons (Fsp3) is 0.500. The third-order valence-electron chi connectivity index (χ3n) is 4.68. The third-order valence-corrected chi connectivity index (χ3v) is 5.42. The minimum Gasteiger partial charge on any atom is -0.469 e. The standard InChI is InChI=1S/C18H22O6S/c1-18(22)9-12(19)14(16(20)23-2)13(15(18)17(21)24-3)10-5-7-11(25-4)8-6-10/h5-8,13-15,22H,9H2,1-4H3/t13-,14-,15+,18+/m0/s1. The van der Waals surface area contributed by atoms with E-state index in [0.717, 1.165) is 4.90 Å². The number of carbonyl (C=O) groups is 3. The Morgan fingerprint density at radius 3 is 2.20 bits per heavy atom. The number of Topliss-reactive ketones (excluding diaryl/α,β-unsaturated/α-hetero) is 1. The molecule has 0 saturated heterocycles. The number of esters is 2. The van der Waals surface area contributed by atoms with Gasteiger partial charge in [0.1, 0.15) is 5.92 Å². The first-order chi connectivity index (χ1) is 11.8. The maximum Gasteiger partial charge on any atom is 0.316 e. The number of methoxy groups -OCH3 is 2. The van der Waals surface area contributed by atoms with Gasteiger partial charge in [0.05, 0.1) is 25.7 Å². The molecule has 25 heavy (non-hydrogen) atoms. The summed E-state index contributed by atoms with van der Waals surface area (Å²) >= 11 is 1.55. The summed E-state index contributed by atoms with van der Waals surface area (Å²) in [4.78, 5) is 38.2. The summed E-state index contributed by atoms with van der Waals surface area (Å²) in [6, 6.07) is 7.21. The number of carbonyl (C=O) groups excluding carboxylic acids is 3. The van der Waals surface area contributed by atoms with E-state index in [2.05, 4.69) is 0 Å². The van der Waals surface area contributed by atoms with Crippen molar-refractivity contribution in [2.45, 2.75) is 29.8 Å². The van der Waals surface area contributed by atoms with E-state index < -0.39 is 41.1 Å². The van der Waals surface area contributed by atoms with E-state index in [1.165, 1.54) is 21.1 Å². The van der Waals surface area contributed by atoms with Crippen LogP contribution in [0.2, 0.25) is 0 Å². The van der Waals surface area contributed by atoms with Crippen molar-refractivity contribution in [1.29, 1.82) is 0 Å². The predicted molar refractivity (Wildman–Crippen MR) is 92.2 cm³/mol. The van der Waals surface area contributed by atoms with Gasteiger partial charge in [-0.2, -0.15) is 0 Å². The van der Waals surface area contributed by atoms with Gasteiger partial charge in [-0.1, -0.05) is 12.1 Å². The van der Waals surface area contributed by atoms with Crippen LogP contribution < -0.4 is 0 Å². The molecule has 1 N–H and O–H groups in total. The van der Waals surface area contributed by atoms with Crippen molar-refractivity contribution >= 4 is 29.5 Å². The maximum atomic E-state index is 12.6. The van der Waals surface area contributed by atoms with Gasteiger partial charge in [-0.05, 0) is 30.9 Å². The summed E-state index contributed by atoms with van der Waals surface area (Å²) < 4.78 is 9.64. The quantitative estimate of drug-likeness (QED) is 0.494. The van der Waals surface area contributed by atoms with Gasteiger partial charge < -0.3 is 14.6 Å². The highest BCUT2D eigenvalue weighted by atomic mass is 32.2. The van der Waals surface area contributed by atoms with Crippen molar-refractivity contribution in [1.82, 2.24) is 0 Å². The van der Waals surface area contributed by atoms with Gasteiger partial charge in [-0.25, -0.2) is 0 Å². The zero-order chi connectivity index (χ0) is 18.8. The van der Waals surface area contributed by atoms with Crippen LogP contribution in [0.1, 0.15) is 24.8 Å². The first kappa shape index (κ1) is 19.5. The molecule has 1 aromatic rings. The molecule has 1 fully saturated rings.